The molecule has 4 rings (SSSR count). The number of hydrogen-bond donors (Lipinski definition) is 1. The van der Waals surface area contributed by atoms with Crippen LogP contribution in [-0.4, -0.2) is 36.1 Å². The molecule has 24 heavy (non-hydrogen) atoms. The van der Waals surface area contributed by atoms with Gasteiger partial charge in [0.05, 0.1) is 18.5 Å². The molecule has 0 aromatic carbocycles. The van der Waals surface area contributed by atoms with Crippen LogP contribution in [0.4, 0.5) is 5.82 Å². The minimum Gasteiger partial charge on any atom is -0.356 e. The summed E-state index contributed by atoms with van der Waals surface area (Å²) in [5.41, 5.74) is 1.38. The molecule has 4 nitrogen and oxygen atoms in total. The number of aryl methyl sites for hydroxylation is 2. The zero-order chi connectivity index (χ0) is 16.7. The van der Waals surface area contributed by atoms with E-state index in [0.29, 0.717) is 0 Å². The van der Waals surface area contributed by atoms with Gasteiger partial charge in [0, 0.05) is 18.0 Å². The van der Waals surface area contributed by atoms with Crippen LogP contribution in [0.2, 0.25) is 0 Å². The fraction of sp³-hybridized carbons (Fsp3) is 0.684. The summed E-state index contributed by atoms with van der Waals surface area (Å²) in [4.78, 5) is 16.8. The Labute approximate surface area is 148 Å². The van der Waals surface area contributed by atoms with Crippen molar-refractivity contribution in [1.82, 2.24) is 9.97 Å². The Morgan fingerprint density at radius 2 is 1.83 bits per heavy atom. The third-order valence-electron chi connectivity index (χ3n) is 5.85. The first-order valence-corrected chi connectivity index (χ1v) is 10.3. The Hall–Kier alpha value is -1.20. The summed E-state index contributed by atoms with van der Waals surface area (Å²) in [7, 11) is 0. The van der Waals surface area contributed by atoms with Gasteiger partial charge in [-0.3, -0.25) is 0 Å². The molecule has 2 aromatic heterocycles. The molecule has 130 valence electrons. The summed E-state index contributed by atoms with van der Waals surface area (Å²) in [5.74, 6) is 3.15. The van der Waals surface area contributed by atoms with Gasteiger partial charge in [0.25, 0.3) is 0 Å². The van der Waals surface area contributed by atoms with Gasteiger partial charge in [0.2, 0.25) is 0 Å². The average Bonchev–Trinajstić information content (AvgIpc) is 3.19. The van der Waals surface area contributed by atoms with Crippen molar-refractivity contribution in [2.24, 2.45) is 5.92 Å². The van der Waals surface area contributed by atoms with Crippen LogP contribution in [0.1, 0.15) is 48.9 Å². The first kappa shape index (κ1) is 16.3. The van der Waals surface area contributed by atoms with E-state index in [2.05, 4.69) is 25.7 Å². The number of nitrogens with zero attached hydrogens (tertiary/aromatic N) is 3. The molecule has 0 radical (unpaired) electrons. The number of hydrogen-bond acceptors (Lipinski definition) is 4. The first-order chi connectivity index (χ1) is 11.6. The third kappa shape index (κ3) is 3.04. The van der Waals surface area contributed by atoms with Crippen LogP contribution in [0.15, 0.2) is 0 Å². The van der Waals surface area contributed by atoms with Crippen LogP contribution in [0.25, 0.3) is 10.2 Å². The Morgan fingerprint density at radius 3 is 2.54 bits per heavy atom. The minimum atomic E-state index is 0.889. The van der Waals surface area contributed by atoms with E-state index in [1.807, 2.05) is 11.3 Å². The number of piperidine rings is 1. The van der Waals surface area contributed by atoms with E-state index in [0.717, 1.165) is 31.4 Å². The number of fused-ring (bicyclic) bond motifs is 1. The largest absolute Gasteiger partial charge is 0.356 e. The number of thiophene rings is 1. The highest BCUT2D eigenvalue weighted by Gasteiger charge is 2.24. The van der Waals surface area contributed by atoms with E-state index < -0.39 is 0 Å². The summed E-state index contributed by atoms with van der Waals surface area (Å²) in [6.45, 7) is 12.6. The first-order valence-electron chi connectivity index (χ1n) is 9.47. The lowest BCUT2D eigenvalue weighted by atomic mass is 9.99. The predicted molar refractivity (Wildman–Crippen MR) is 101 cm³/mol. The fourth-order valence-corrected chi connectivity index (χ4v) is 5.12. The zero-order valence-electron chi connectivity index (χ0n) is 15.2. The molecule has 0 saturated carbocycles. The Balaban J connectivity index is 1.68. The van der Waals surface area contributed by atoms with Gasteiger partial charge in [-0.25, -0.2) is 9.97 Å². The van der Waals surface area contributed by atoms with Crippen molar-refractivity contribution in [3.8, 4) is 0 Å². The average molecular weight is 346 g/mol. The molecule has 2 fully saturated rings. The lowest BCUT2D eigenvalue weighted by molar-refractivity contribution is -0.920. The maximum Gasteiger partial charge on any atom is 0.187 e. The van der Waals surface area contributed by atoms with Crippen LogP contribution in [0.5, 0.6) is 0 Å². The third-order valence-corrected chi connectivity index (χ3v) is 6.95. The highest BCUT2D eigenvalue weighted by atomic mass is 32.1. The van der Waals surface area contributed by atoms with Gasteiger partial charge < -0.3 is 9.80 Å². The van der Waals surface area contributed by atoms with Gasteiger partial charge in [-0.15, -0.1) is 11.3 Å². The lowest BCUT2D eigenvalue weighted by Crippen LogP contribution is -3.11. The Kier molecular flexibility index (Phi) is 4.48. The van der Waals surface area contributed by atoms with Gasteiger partial charge >= 0.3 is 0 Å². The van der Waals surface area contributed by atoms with Crippen LogP contribution in [0.3, 0.4) is 0 Å². The normalized spacial score (nSPS) is 24.9. The van der Waals surface area contributed by atoms with Crippen molar-refractivity contribution in [1.29, 1.82) is 0 Å². The number of nitrogens with one attached hydrogen (secondary N) is 1. The Bertz CT molecular complexity index is 725. The number of likely N-dealkylation sites (tertiary alicyclic amines) is 1. The molecular weight excluding hydrogens is 316 g/mol. The molecule has 2 saturated heterocycles. The van der Waals surface area contributed by atoms with E-state index in [1.54, 1.807) is 4.90 Å². The van der Waals surface area contributed by atoms with E-state index in [9.17, 15) is 0 Å². The lowest BCUT2D eigenvalue weighted by Gasteiger charge is -2.27. The molecule has 0 unspecified atom stereocenters. The van der Waals surface area contributed by atoms with Crippen LogP contribution in [-0.2, 0) is 6.54 Å². The van der Waals surface area contributed by atoms with E-state index in [4.69, 9.17) is 9.97 Å². The fourth-order valence-electron chi connectivity index (χ4n) is 4.08. The molecular formula is C19H29N4S+. The SMILES string of the molecule is Cc1sc2nc(C[NH+]3CCC(C)CC3)nc(N3CCCC3)c2c1C. The van der Waals surface area contributed by atoms with Crippen molar-refractivity contribution >= 4 is 27.4 Å². The number of rotatable bonds is 3. The van der Waals surface area contributed by atoms with Gasteiger partial charge in [0.1, 0.15) is 17.2 Å². The van der Waals surface area contributed by atoms with Gasteiger partial charge in [0.15, 0.2) is 5.82 Å². The highest BCUT2D eigenvalue weighted by molar-refractivity contribution is 7.18. The second kappa shape index (κ2) is 6.60. The number of aromatic nitrogens is 2. The molecule has 2 aliphatic heterocycles. The van der Waals surface area contributed by atoms with Crippen molar-refractivity contribution < 1.29 is 4.90 Å². The van der Waals surface area contributed by atoms with Crippen LogP contribution < -0.4 is 9.80 Å². The summed E-state index contributed by atoms with van der Waals surface area (Å²) >= 11 is 1.84. The van der Waals surface area contributed by atoms with Crippen molar-refractivity contribution in [3.63, 3.8) is 0 Å². The summed E-state index contributed by atoms with van der Waals surface area (Å²) in [6, 6.07) is 0. The summed E-state index contributed by atoms with van der Waals surface area (Å²) in [5, 5.41) is 1.31. The van der Waals surface area contributed by atoms with Gasteiger partial charge in [-0.05, 0) is 51.0 Å². The van der Waals surface area contributed by atoms with E-state index >= 15 is 0 Å². The summed E-state index contributed by atoms with van der Waals surface area (Å²) in [6.07, 6.45) is 5.26. The monoisotopic (exact) mass is 345 g/mol. The molecule has 0 amide bonds. The topological polar surface area (TPSA) is 33.5 Å². The molecule has 4 heterocycles. The Morgan fingerprint density at radius 1 is 1.12 bits per heavy atom. The van der Waals surface area contributed by atoms with E-state index in [1.165, 1.54) is 65.2 Å². The second-order valence-electron chi connectivity index (χ2n) is 7.73. The maximum atomic E-state index is 5.07. The molecule has 0 aliphatic carbocycles. The predicted octanol–water partition coefficient (Wildman–Crippen LogP) is 2.72. The van der Waals surface area contributed by atoms with E-state index in [-0.39, 0.29) is 0 Å². The zero-order valence-corrected chi connectivity index (χ0v) is 16.0. The molecule has 2 aromatic rings. The quantitative estimate of drug-likeness (QED) is 0.929. The number of anilines is 1. The van der Waals surface area contributed by atoms with Gasteiger partial charge in [-0.1, -0.05) is 6.92 Å². The smallest absolute Gasteiger partial charge is 0.187 e. The standard InChI is InChI=1S/C19H28N4S/c1-13-6-10-22(11-7-13)12-16-20-18(23-8-4-5-9-23)17-14(2)15(3)24-19(17)21-16/h13H,4-12H2,1-3H3/p+1. The highest BCUT2D eigenvalue weighted by Crippen LogP contribution is 2.36. The van der Waals surface area contributed by atoms with Crippen molar-refractivity contribution in [2.75, 3.05) is 31.1 Å². The van der Waals surface area contributed by atoms with Crippen LogP contribution in [0, 0.1) is 19.8 Å². The second-order valence-corrected chi connectivity index (χ2v) is 8.93. The molecule has 1 N–H and O–H groups in total. The molecule has 0 atom stereocenters. The van der Waals surface area contributed by atoms with Crippen LogP contribution >= 0.6 is 11.3 Å². The molecule has 2 aliphatic rings. The van der Waals surface area contributed by atoms with Crippen molar-refractivity contribution in [2.45, 2.75) is 53.0 Å². The van der Waals surface area contributed by atoms with Crippen molar-refractivity contribution in [3.05, 3.63) is 16.3 Å². The molecule has 0 bridgehead atoms. The maximum absolute atomic E-state index is 5.07. The molecule has 5 heteroatoms. The molecule has 0 spiro atoms. The van der Waals surface area contributed by atoms with Gasteiger partial charge in [-0.2, -0.15) is 0 Å². The minimum absolute atomic E-state index is 0.889. The number of quaternary nitrogens is 1. The summed E-state index contributed by atoms with van der Waals surface area (Å²) < 4.78 is 0.